The van der Waals surface area contributed by atoms with E-state index in [0.29, 0.717) is 12.2 Å². The molecule has 0 saturated carbocycles. The lowest BCUT2D eigenvalue weighted by Gasteiger charge is -1.99. The van der Waals surface area contributed by atoms with Crippen LogP contribution in [0.2, 0.25) is 0 Å². The van der Waals surface area contributed by atoms with Gasteiger partial charge >= 0.3 is 5.97 Å². The summed E-state index contributed by atoms with van der Waals surface area (Å²) in [6, 6.07) is 2.93. The molecule has 0 bridgehead atoms. The summed E-state index contributed by atoms with van der Waals surface area (Å²) in [5.41, 5.74) is 0.364. The minimum absolute atomic E-state index is 0.200. The smallest absolute Gasteiger partial charge is 0.337 e. The average molecular weight is 176 g/mol. The van der Waals surface area contributed by atoms with Crippen molar-refractivity contribution >= 4 is 11.8 Å². The molecule has 0 saturated heterocycles. The van der Waals surface area contributed by atoms with Crippen molar-refractivity contribution < 1.29 is 9.53 Å². The van der Waals surface area contributed by atoms with Crippen LogP contribution < -0.4 is 0 Å². The number of aromatic nitrogens is 1. The Bertz CT molecular complexity index is 355. The zero-order chi connectivity index (χ0) is 9.68. The quantitative estimate of drug-likeness (QED) is 0.509. The maximum absolute atomic E-state index is 11.2. The Morgan fingerprint density at radius 1 is 1.77 bits per heavy atom. The number of carbonyl (C=O) groups is 1. The molecule has 0 aliphatic heterocycles. The van der Waals surface area contributed by atoms with Gasteiger partial charge in [-0.05, 0) is 19.1 Å². The predicted octanol–water partition coefficient (Wildman–Crippen LogP) is 1.81. The Morgan fingerprint density at radius 3 is 3.15 bits per heavy atom. The van der Waals surface area contributed by atoms with Crippen molar-refractivity contribution in [2.75, 3.05) is 6.61 Å². The summed E-state index contributed by atoms with van der Waals surface area (Å²) in [6.45, 7) is 8.75. The minimum atomic E-state index is -0.421. The van der Waals surface area contributed by atoms with Crippen LogP contribution in [0.4, 0.5) is 5.82 Å². The number of hydrogen-bond acceptors (Lipinski definition) is 3. The highest BCUT2D eigenvalue weighted by Gasteiger charge is 2.06. The monoisotopic (exact) mass is 176 g/mol. The Hall–Kier alpha value is -1.89. The Labute approximate surface area is 76.0 Å². The molecule has 1 heterocycles. The van der Waals surface area contributed by atoms with Crippen molar-refractivity contribution in [1.82, 2.24) is 4.98 Å². The van der Waals surface area contributed by atoms with Crippen LogP contribution in [0.5, 0.6) is 0 Å². The topological polar surface area (TPSA) is 43.5 Å². The zero-order valence-corrected chi connectivity index (χ0v) is 7.15. The highest BCUT2D eigenvalue weighted by atomic mass is 16.5. The summed E-state index contributed by atoms with van der Waals surface area (Å²) in [5, 5.41) is 0. The molecule has 1 aromatic heterocycles. The SMILES string of the molecule is [C-]#[N+]c1cc(C(=O)OCC)ccn1. The first kappa shape index (κ1) is 9.20. The molecular formula is C9H8N2O2. The molecule has 1 rings (SSSR count). The molecule has 0 aromatic carbocycles. The first-order chi connectivity index (χ1) is 6.27. The van der Waals surface area contributed by atoms with Gasteiger partial charge in [0.05, 0.1) is 12.2 Å². The number of ether oxygens (including phenoxy) is 1. The van der Waals surface area contributed by atoms with Crippen molar-refractivity contribution in [3.05, 3.63) is 35.3 Å². The van der Waals surface area contributed by atoms with Crippen molar-refractivity contribution in [1.29, 1.82) is 0 Å². The first-order valence-electron chi connectivity index (χ1n) is 3.78. The van der Waals surface area contributed by atoms with E-state index >= 15 is 0 Å². The van der Waals surface area contributed by atoms with Gasteiger partial charge in [0.15, 0.2) is 0 Å². The fraction of sp³-hybridized carbons (Fsp3) is 0.222. The molecule has 13 heavy (non-hydrogen) atoms. The summed E-state index contributed by atoms with van der Waals surface area (Å²) in [5.74, 6) is -0.222. The maximum atomic E-state index is 11.2. The molecule has 4 nitrogen and oxygen atoms in total. The van der Waals surface area contributed by atoms with Gasteiger partial charge in [-0.3, -0.25) is 0 Å². The van der Waals surface area contributed by atoms with Crippen LogP contribution in [-0.2, 0) is 4.74 Å². The van der Waals surface area contributed by atoms with Gasteiger partial charge in [-0.2, -0.15) is 0 Å². The van der Waals surface area contributed by atoms with E-state index in [9.17, 15) is 4.79 Å². The van der Waals surface area contributed by atoms with E-state index in [-0.39, 0.29) is 5.82 Å². The third-order valence-electron chi connectivity index (χ3n) is 1.37. The van der Waals surface area contributed by atoms with Crippen molar-refractivity contribution in [3.63, 3.8) is 0 Å². The number of hydrogen-bond donors (Lipinski definition) is 0. The third kappa shape index (κ3) is 2.27. The molecule has 0 aliphatic rings. The largest absolute Gasteiger partial charge is 0.462 e. The summed E-state index contributed by atoms with van der Waals surface area (Å²) >= 11 is 0. The number of nitrogens with zero attached hydrogens (tertiary/aromatic N) is 2. The normalized spacial score (nSPS) is 8.92. The standard InChI is InChI=1S/C9H8N2O2/c1-3-13-9(12)7-4-5-11-8(6-7)10-2/h4-6H,3H2,1H3. The second-order valence-corrected chi connectivity index (χ2v) is 2.23. The number of pyridine rings is 1. The molecule has 0 spiro atoms. The molecule has 0 fully saturated rings. The third-order valence-corrected chi connectivity index (χ3v) is 1.37. The van der Waals surface area contributed by atoms with Crippen molar-refractivity contribution in [2.24, 2.45) is 0 Å². The first-order valence-corrected chi connectivity index (χ1v) is 3.78. The number of rotatable bonds is 2. The van der Waals surface area contributed by atoms with Crippen LogP contribution >= 0.6 is 0 Å². The number of carbonyl (C=O) groups excluding carboxylic acids is 1. The lowest BCUT2D eigenvalue weighted by molar-refractivity contribution is 0.0526. The zero-order valence-electron chi connectivity index (χ0n) is 7.15. The van der Waals surface area contributed by atoms with E-state index < -0.39 is 5.97 Å². The van der Waals surface area contributed by atoms with Crippen LogP contribution in [0.25, 0.3) is 4.85 Å². The van der Waals surface area contributed by atoms with E-state index in [0.717, 1.165) is 0 Å². The highest BCUT2D eigenvalue weighted by molar-refractivity contribution is 5.90. The second kappa shape index (κ2) is 4.21. The molecule has 4 heteroatoms. The van der Waals surface area contributed by atoms with Crippen LogP contribution in [0, 0.1) is 6.57 Å². The predicted molar refractivity (Wildman–Crippen MR) is 46.5 cm³/mol. The molecular weight excluding hydrogens is 168 g/mol. The van der Waals surface area contributed by atoms with Gasteiger partial charge in [0.25, 0.3) is 5.82 Å². The van der Waals surface area contributed by atoms with E-state index in [2.05, 4.69) is 9.83 Å². The van der Waals surface area contributed by atoms with Crippen LogP contribution in [0.1, 0.15) is 17.3 Å². The van der Waals surface area contributed by atoms with E-state index in [1.54, 1.807) is 6.92 Å². The van der Waals surface area contributed by atoms with Crippen LogP contribution in [-0.4, -0.2) is 17.6 Å². The molecule has 0 amide bonds. The molecule has 0 radical (unpaired) electrons. The fourth-order valence-electron chi connectivity index (χ4n) is 0.821. The van der Waals surface area contributed by atoms with Crippen LogP contribution in [0.15, 0.2) is 18.3 Å². The van der Waals surface area contributed by atoms with Gasteiger partial charge in [-0.1, -0.05) is 6.57 Å². The lowest BCUT2D eigenvalue weighted by atomic mass is 10.2. The minimum Gasteiger partial charge on any atom is -0.462 e. The van der Waals surface area contributed by atoms with Gasteiger partial charge in [0.2, 0.25) is 0 Å². The van der Waals surface area contributed by atoms with Gasteiger partial charge < -0.3 is 9.58 Å². The second-order valence-electron chi connectivity index (χ2n) is 2.23. The van der Waals surface area contributed by atoms with E-state index in [1.165, 1.54) is 18.3 Å². The van der Waals surface area contributed by atoms with Gasteiger partial charge in [-0.25, -0.2) is 4.79 Å². The van der Waals surface area contributed by atoms with Gasteiger partial charge in [0.1, 0.15) is 6.20 Å². The van der Waals surface area contributed by atoms with E-state index in [1.807, 2.05) is 0 Å². The maximum Gasteiger partial charge on any atom is 0.337 e. The average Bonchev–Trinajstić information content (AvgIpc) is 2.18. The summed E-state index contributed by atoms with van der Waals surface area (Å²) < 4.78 is 4.76. The molecule has 0 aliphatic carbocycles. The van der Waals surface area contributed by atoms with E-state index in [4.69, 9.17) is 11.3 Å². The Balaban J connectivity index is 2.90. The van der Waals surface area contributed by atoms with Crippen LogP contribution in [0.3, 0.4) is 0 Å². The van der Waals surface area contributed by atoms with Crippen molar-refractivity contribution in [3.8, 4) is 0 Å². The molecule has 0 atom stereocenters. The number of esters is 1. The molecule has 0 N–H and O–H groups in total. The fourth-order valence-corrected chi connectivity index (χ4v) is 0.821. The summed E-state index contributed by atoms with van der Waals surface area (Å²) in [4.78, 5) is 18.0. The molecule has 0 unspecified atom stereocenters. The van der Waals surface area contributed by atoms with Gasteiger partial charge in [-0.15, -0.1) is 4.98 Å². The highest BCUT2D eigenvalue weighted by Crippen LogP contribution is 2.10. The Kier molecular flexibility index (Phi) is 2.98. The lowest BCUT2D eigenvalue weighted by Crippen LogP contribution is -2.04. The van der Waals surface area contributed by atoms with Gasteiger partial charge in [0, 0.05) is 0 Å². The van der Waals surface area contributed by atoms with Crippen molar-refractivity contribution in [2.45, 2.75) is 6.92 Å². The molecule has 1 aromatic rings. The Morgan fingerprint density at radius 2 is 2.54 bits per heavy atom. The molecule has 66 valence electrons. The summed E-state index contributed by atoms with van der Waals surface area (Å²) in [6.07, 6.45) is 1.42. The summed E-state index contributed by atoms with van der Waals surface area (Å²) in [7, 11) is 0.